The number of allylic oxidation sites excluding steroid dienone is 8. The molecule has 0 aliphatic heterocycles. The van der Waals surface area contributed by atoms with Crippen molar-refractivity contribution in [2.45, 2.75) is 39.8 Å². The number of halogens is 1. The third-order valence-electron chi connectivity index (χ3n) is 1.67. The molecular weight excluding hydrogens is 292 g/mol. The molecule has 0 nitrogen and oxygen atoms in total. The molecule has 2 aliphatic carbocycles. The summed E-state index contributed by atoms with van der Waals surface area (Å²) in [7, 11) is 0. The summed E-state index contributed by atoms with van der Waals surface area (Å²) in [5.74, 6) is 0. The Kier molecular flexibility index (Phi) is 17.1. The summed E-state index contributed by atoms with van der Waals surface area (Å²) >= 11 is 0.407. The second-order valence-corrected chi connectivity index (χ2v) is 13.8. The zero-order chi connectivity index (χ0) is 12.9. The first-order valence-corrected chi connectivity index (χ1v) is 11.6. The Balaban J connectivity index is -0.000000194. The zero-order valence-corrected chi connectivity index (χ0v) is 15.2. The van der Waals surface area contributed by atoms with Crippen LogP contribution in [0.15, 0.2) is 36.5 Å². The van der Waals surface area contributed by atoms with Crippen molar-refractivity contribution in [2.24, 2.45) is 0 Å². The molecule has 0 bridgehead atoms. The number of rotatable bonds is 0. The molecule has 0 aromatic rings. The molecule has 3 heteroatoms. The van der Waals surface area contributed by atoms with E-state index in [0.717, 1.165) is 12.8 Å². The van der Waals surface area contributed by atoms with Crippen LogP contribution in [0.2, 0.25) is 13.1 Å². The van der Waals surface area contributed by atoms with Gasteiger partial charge in [0.25, 0.3) is 0 Å². The summed E-state index contributed by atoms with van der Waals surface area (Å²) in [4.78, 5) is 0. The second-order valence-electron chi connectivity index (χ2n) is 4.13. The summed E-state index contributed by atoms with van der Waals surface area (Å²) < 4.78 is 1.71. The summed E-state index contributed by atoms with van der Waals surface area (Å²) in [6.07, 6.45) is 20.2. The van der Waals surface area contributed by atoms with Crippen molar-refractivity contribution in [3.05, 3.63) is 48.6 Å². The maximum Gasteiger partial charge on any atom is -0.109 e. The molecule has 0 saturated carbocycles. The van der Waals surface area contributed by atoms with Crippen molar-refractivity contribution in [2.75, 3.05) is 0 Å². The van der Waals surface area contributed by atoms with Gasteiger partial charge in [-0.25, -0.2) is 24.3 Å². The van der Waals surface area contributed by atoms with Crippen molar-refractivity contribution in [3.8, 4) is 0 Å². The van der Waals surface area contributed by atoms with Crippen molar-refractivity contribution < 1.29 is 18.9 Å². The molecule has 102 valence electrons. The van der Waals surface area contributed by atoms with E-state index in [0.29, 0.717) is 17.4 Å². The smallest absolute Gasteiger partial charge is 0.109 e. The minimum Gasteiger partial charge on any atom is -1.00 e. The van der Waals surface area contributed by atoms with Gasteiger partial charge in [0.2, 0.25) is 0 Å². The minimum absolute atomic E-state index is 0. The van der Waals surface area contributed by atoms with Gasteiger partial charge in [0, 0.05) is 0 Å². The first-order valence-electron chi connectivity index (χ1n) is 5.93. The van der Waals surface area contributed by atoms with Crippen LogP contribution in [0.25, 0.3) is 0 Å². The molecule has 0 aromatic heterocycles. The Labute approximate surface area is 129 Å². The summed E-state index contributed by atoms with van der Waals surface area (Å²) in [5.41, 5.74) is 0. The summed E-state index contributed by atoms with van der Waals surface area (Å²) in [5, 5.41) is 0. The quantitative estimate of drug-likeness (QED) is 0.450. The van der Waals surface area contributed by atoms with Crippen LogP contribution in [0.1, 0.15) is 28.1 Å². The molecule has 0 amide bonds. The number of hydrogen-bond acceptors (Lipinski definition) is 0. The van der Waals surface area contributed by atoms with Gasteiger partial charge in [0.05, 0.1) is 0 Å². The molecule has 0 saturated heterocycles. The van der Waals surface area contributed by atoms with Gasteiger partial charge >= 0.3 is 54.4 Å². The molecule has 0 aromatic carbocycles. The van der Waals surface area contributed by atoms with Gasteiger partial charge in [-0.3, -0.25) is 12.2 Å². The van der Waals surface area contributed by atoms with Gasteiger partial charge in [0.1, 0.15) is 0 Å². The van der Waals surface area contributed by atoms with Crippen LogP contribution in [-0.4, -0.2) is 10.00 Å². The fraction of sp³-hybridized carbons (Fsp3) is 0.400. The van der Waals surface area contributed by atoms with Gasteiger partial charge in [-0.05, 0) is 0 Å². The summed E-state index contributed by atoms with van der Waals surface area (Å²) in [6, 6.07) is 0. The molecule has 0 fully saturated rings. The van der Waals surface area contributed by atoms with Crippen molar-refractivity contribution in [3.63, 3.8) is 0 Å². The Morgan fingerprint density at radius 2 is 1.50 bits per heavy atom. The van der Waals surface area contributed by atoms with Gasteiger partial charge in [0.15, 0.2) is 0 Å². The number of hydrogen-bond donors (Lipinski definition) is 0. The molecular formula is C15H24ClSiTi-3. The molecule has 0 N–H and O–H groups in total. The average molecular weight is 316 g/mol. The van der Waals surface area contributed by atoms with Crippen LogP contribution in [0.3, 0.4) is 0 Å². The predicted octanol–water partition coefficient (Wildman–Crippen LogP) is 4.68. The topological polar surface area (TPSA) is 0 Å². The molecule has 0 heterocycles. The minimum atomic E-state index is 0. The van der Waals surface area contributed by atoms with Crippen LogP contribution in [-0.2, 0) is 17.4 Å². The van der Waals surface area contributed by atoms with Crippen LogP contribution < -0.4 is 0 Å². The Hall–Kier alpha value is 0.0512. The van der Waals surface area contributed by atoms with E-state index in [-0.39, 0.29) is 20.0 Å². The van der Waals surface area contributed by atoms with Crippen molar-refractivity contribution in [1.82, 2.24) is 0 Å². The molecule has 2 rings (SSSR count). The van der Waals surface area contributed by atoms with Crippen molar-refractivity contribution >= 4 is 22.4 Å². The average Bonchev–Trinajstić information content (AvgIpc) is 2.96. The van der Waals surface area contributed by atoms with Crippen LogP contribution in [0.4, 0.5) is 0 Å². The second kappa shape index (κ2) is 15.1. The first-order chi connectivity index (χ1) is 8.13. The monoisotopic (exact) mass is 315 g/mol. The Bertz CT molecular complexity index is 327. The molecule has 0 atom stereocenters. The normalized spacial score (nSPS) is 12.7. The van der Waals surface area contributed by atoms with E-state index in [1.807, 2.05) is 24.3 Å². The van der Waals surface area contributed by atoms with Gasteiger partial charge in [-0.2, -0.15) is 12.2 Å². The van der Waals surface area contributed by atoms with Crippen molar-refractivity contribution in [1.29, 1.82) is 0 Å². The van der Waals surface area contributed by atoms with Gasteiger partial charge < -0.3 is 1.43 Å². The third kappa shape index (κ3) is 18.4. The molecule has 0 spiro atoms. The first kappa shape index (κ1) is 20.4. The molecule has 18 heavy (non-hydrogen) atoms. The van der Waals surface area contributed by atoms with E-state index in [9.17, 15) is 0 Å². The largest absolute Gasteiger partial charge is 1.00 e. The van der Waals surface area contributed by atoms with Gasteiger partial charge in [-0.15, -0.1) is 25.2 Å². The van der Waals surface area contributed by atoms with E-state index < -0.39 is 0 Å². The predicted molar refractivity (Wildman–Crippen MR) is 85.3 cm³/mol. The van der Waals surface area contributed by atoms with Crippen LogP contribution >= 0.6 is 12.4 Å². The van der Waals surface area contributed by atoms with E-state index in [4.69, 9.17) is 0 Å². The van der Waals surface area contributed by atoms with Crippen LogP contribution in [0, 0.1) is 12.2 Å². The van der Waals surface area contributed by atoms with E-state index in [1.165, 1.54) is 0 Å². The fourth-order valence-electron chi connectivity index (χ4n) is 1.18. The zero-order valence-electron chi connectivity index (χ0n) is 12.8. The molecule has 0 unspecified atom stereocenters. The molecule has 2 aliphatic rings. The van der Waals surface area contributed by atoms with E-state index in [1.54, 1.807) is 3.81 Å². The van der Waals surface area contributed by atoms with Crippen LogP contribution in [0.5, 0.6) is 0 Å². The fourth-order valence-corrected chi connectivity index (χ4v) is 6.87. The van der Waals surface area contributed by atoms with E-state index >= 15 is 0 Å². The standard InChI is InChI=1S/2C5H5.C3H6.C2H6Si.ClH.Ti.H/c2*1-2-4-5-3-1;2*1-3-2;;;/h2*1-3H,4H2;2*1-2H3;1H;;/q2*-1;;;;;-1. The maximum atomic E-state index is 2.99. The Morgan fingerprint density at radius 3 is 1.56 bits per heavy atom. The van der Waals surface area contributed by atoms with Gasteiger partial charge in [-0.1, -0.05) is 0 Å². The van der Waals surface area contributed by atoms with E-state index in [2.05, 4.69) is 51.2 Å². The summed E-state index contributed by atoms with van der Waals surface area (Å²) in [6.45, 7) is 9.32. The Morgan fingerprint density at radius 1 is 1.06 bits per heavy atom. The molecule has 0 radical (unpaired) electrons. The maximum absolute atomic E-state index is 2.99. The third-order valence-corrected chi connectivity index (χ3v) is 7.36. The SMILES string of the molecule is C[C](C)=[Ti]=[Si](C)C.Cl.[C-]1=CC=CC1.[C-]1=CC=CC1.[H-].